The highest BCUT2D eigenvalue weighted by atomic mass is 32.2. The van der Waals surface area contributed by atoms with Gasteiger partial charge in [0.25, 0.3) is 5.03 Å². The van der Waals surface area contributed by atoms with Crippen LogP contribution in [0.3, 0.4) is 0 Å². The van der Waals surface area contributed by atoms with Crippen molar-refractivity contribution in [2.75, 3.05) is 43.0 Å². The summed E-state index contributed by atoms with van der Waals surface area (Å²) in [7, 11) is -0.670. The standard InChI is InChI=1S/C24H24F3N4O2PS/c25-24(26,27)23(32)31-15-13-30(14-16-31)21-11-12-22(29-28-21)35(33)18-17-34(19-7-3-1-4-8-19)20-9-5-2-6-10-20/h1-12H,13-18H2. The van der Waals surface area contributed by atoms with Crippen LogP contribution in [0.1, 0.15) is 0 Å². The number of alkyl halides is 3. The van der Waals surface area contributed by atoms with Crippen molar-refractivity contribution in [1.29, 1.82) is 0 Å². The maximum atomic E-state index is 13.0. The van der Waals surface area contributed by atoms with Gasteiger partial charge in [-0.2, -0.15) is 13.2 Å². The summed E-state index contributed by atoms with van der Waals surface area (Å²) < 4.78 is 50.8. The lowest BCUT2D eigenvalue weighted by atomic mass is 10.3. The van der Waals surface area contributed by atoms with Gasteiger partial charge < -0.3 is 14.4 Å². The number of carbonyl (C=O) groups excluding carboxylic acids is 1. The van der Waals surface area contributed by atoms with Gasteiger partial charge in [0.1, 0.15) is 5.75 Å². The molecule has 0 spiro atoms. The van der Waals surface area contributed by atoms with Gasteiger partial charge in [-0.25, -0.2) is 0 Å². The molecule has 1 aliphatic heterocycles. The molecule has 2 heterocycles. The van der Waals surface area contributed by atoms with E-state index in [1.54, 1.807) is 17.0 Å². The number of rotatable bonds is 7. The van der Waals surface area contributed by atoms with Crippen LogP contribution in [-0.2, 0) is 16.0 Å². The van der Waals surface area contributed by atoms with Crippen LogP contribution < -0.4 is 15.5 Å². The number of aromatic nitrogens is 2. The Kier molecular flexibility index (Phi) is 8.26. The van der Waals surface area contributed by atoms with Crippen LogP contribution in [0.15, 0.2) is 77.8 Å². The summed E-state index contributed by atoms with van der Waals surface area (Å²) in [5, 5.41) is 11.1. The van der Waals surface area contributed by atoms with E-state index >= 15 is 0 Å². The van der Waals surface area contributed by atoms with Crippen LogP contribution in [0.25, 0.3) is 0 Å². The first kappa shape index (κ1) is 25.4. The fourth-order valence-electron chi connectivity index (χ4n) is 3.82. The summed E-state index contributed by atoms with van der Waals surface area (Å²) in [6, 6.07) is 23.7. The van der Waals surface area contributed by atoms with Gasteiger partial charge in [-0.1, -0.05) is 65.8 Å². The van der Waals surface area contributed by atoms with E-state index in [2.05, 4.69) is 34.5 Å². The van der Waals surface area contributed by atoms with Crippen molar-refractivity contribution in [3.63, 3.8) is 0 Å². The second-order valence-corrected chi connectivity index (χ2v) is 11.7. The minimum Gasteiger partial charge on any atom is -0.610 e. The summed E-state index contributed by atoms with van der Waals surface area (Å²) in [4.78, 5) is 14.0. The van der Waals surface area contributed by atoms with E-state index in [0.29, 0.717) is 16.6 Å². The monoisotopic (exact) mass is 520 g/mol. The fourth-order valence-corrected chi connectivity index (χ4v) is 7.66. The second kappa shape index (κ2) is 11.4. The van der Waals surface area contributed by atoms with Gasteiger partial charge in [0.15, 0.2) is 5.82 Å². The van der Waals surface area contributed by atoms with Crippen LogP contribution in [0, 0.1) is 0 Å². The van der Waals surface area contributed by atoms with E-state index in [0.717, 1.165) is 11.1 Å². The Bertz CT molecular complexity index is 1060. The predicted octanol–water partition coefficient (Wildman–Crippen LogP) is 2.93. The SMILES string of the molecule is O=C(N1CCN(c2ccc([S+]([O-])CCP(c3ccccc3)c3ccccc3)nn2)CC1)C(F)(F)F. The third-order valence-electron chi connectivity index (χ3n) is 5.63. The van der Waals surface area contributed by atoms with E-state index in [-0.39, 0.29) is 26.2 Å². The van der Waals surface area contributed by atoms with Gasteiger partial charge in [0.05, 0.1) is 0 Å². The second-order valence-electron chi connectivity index (χ2n) is 7.88. The zero-order valence-electron chi connectivity index (χ0n) is 18.8. The number of hydrogen-bond donors (Lipinski definition) is 0. The smallest absolute Gasteiger partial charge is 0.471 e. The van der Waals surface area contributed by atoms with Gasteiger partial charge in [-0.15, -0.1) is 5.10 Å². The molecule has 1 saturated heterocycles. The van der Waals surface area contributed by atoms with Crippen molar-refractivity contribution in [2.24, 2.45) is 0 Å². The summed E-state index contributed by atoms with van der Waals surface area (Å²) in [6.07, 6.45) is -4.14. The zero-order chi connectivity index (χ0) is 24.8. The zero-order valence-corrected chi connectivity index (χ0v) is 20.5. The highest BCUT2D eigenvalue weighted by Crippen LogP contribution is 2.34. The van der Waals surface area contributed by atoms with Gasteiger partial charge >= 0.3 is 12.1 Å². The Morgan fingerprint density at radius 2 is 1.46 bits per heavy atom. The van der Waals surface area contributed by atoms with Crippen LogP contribution >= 0.6 is 7.92 Å². The molecule has 11 heteroatoms. The number of amides is 1. The Balaban J connectivity index is 1.36. The largest absolute Gasteiger partial charge is 0.610 e. The molecule has 0 aliphatic carbocycles. The molecule has 3 aromatic rings. The summed E-state index contributed by atoms with van der Waals surface area (Å²) in [6.45, 7) is 0.348. The van der Waals surface area contributed by atoms with Gasteiger partial charge in [-0.05, 0) is 24.6 Å². The highest BCUT2D eigenvalue weighted by Gasteiger charge is 2.43. The maximum Gasteiger partial charge on any atom is 0.471 e. The number of carbonyl (C=O) groups is 1. The van der Waals surface area contributed by atoms with Crippen molar-refractivity contribution in [3.8, 4) is 0 Å². The van der Waals surface area contributed by atoms with Crippen molar-refractivity contribution in [2.45, 2.75) is 11.2 Å². The molecule has 1 fully saturated rings. The number of nitrogens with zero attached hydrogens (tertiary/aromatic N) is 4. The Morgan fingerprint density at radius 1 is 0.886 bits per heavy atom. The molecule has 0 radical (unpaired) electrons. The first-order chi connectivity index (χ1) is 16.8. The third kappa shape index (κ3) is 6.51. The molecule has 35 heavy (non-hydrogen) atoms. The number of benzene rings is 2. The van der Waals surface area contributed by atoms with E-state index in [4.69, 9.17) is 0 Å². The van der Waals surface area contributed by atoms with Gasteiger partial charge in [0, 0.05) is 49.6 Å². The number of anilines is 1. The molecule has 1 amide bonds. The molecule has 0 bridgehead atoms. The predicted molar refractivity (Wildman–Crippen MR) is 132 cm³/mol. The van der Waals surface area contributed by atoms with E-state index in [1.165, 1.54) is 10.6 Å². The lowest BCUT2D eigenvalue weighted by Crippen LogP contribution is -2.52. The van der Waals surface area contributed by atoms with Crippen LogP contribution in [0.5, 0.6) is 0 Å². The van der Waals surface area contributed by atoms with E-state index in [1.807, 2.05) is 36.4 Å². The minimum absolute atomic E-state index is 0.0454. The lowest BCUT2D eigenvalue weighted by Gasteiger charge is -2.35. The molecular weight excluding hydrogens is 496 g/mol. The first-order valence-electron chi connectivity index (χ1n) is 11.0. The first-order valence-corrected chi connectivity index (χ1v) is 13.9. The van der Waals surface area contributed by atoms with Gasteiger partial charge in [-0.3, -0.25) is 4.79 Å². The molecule has 1 aromatic heterocycles. The molecule has 0 N–H and O–H groups in total. The molecule has 1 unspecified atom stereocenters. The number of piperazine rings is 1. The summed E-state index contributed by atoms with van der Waals surface area (Å²) in [5.74, 6) is -0.900. The van der Waals surface area contributed by atoms with Crippen molar-refractivity contribution in [3.05, 3.63) is 72.8 Å². The topological polar surface area (TPSA) is 72.4 Å². The molecule has 2 aromatic carbocycles. The average Bonchev–Trinajstić information content (AvgIpc) is 2.89. The quantitative estimate of drug-likeness (QED) is 0.354. The van der Waals surface area contributed by atoms with Gasteiger partial charge in [0.2, 0.25) is 0 Å². The molecule has 1 aliphatic rings. The minimum atomic E-state index is -4.87. The average molecular weight is 521 g/mol. The Hall–Kier alpha value is -2.68. The van der Waals surface area contributed by atoms with Crippen LogP contribution in [-0.4, -0.2) is 69.8 Å². The van der Waals surface area contributed by atoms with E-state index < -0.39 is 31.2 Å². The van der Waals surface area contributed by atoms with Crippen molar-refractivity contribution >= 4 is 41.4 Å². The summed E-state index contributed by atoms with van der Waals surface area (Å²) >= 11 is -1.34. The molecule has 184 valence electrons. The molecule has 1 atom stereocenters. The fraction of sp³-hybridized carbons (Fsp3) is 0.292. The van der Waals surface area contributed by atoms with E-state index in [9.17, 15) is 22.5 Å². The summed E-state index contributed by atoms with van der Waals surface area (Å²) in [5.41, 5.74) is 0. The van der Waals surface area contributed by atoms with Crippen molar-refractivity contribution < 1.29 is 22.5 Å². The van der Waals surface area contributed by atoms with Crippen LogP contribution in [0.4, 0.5) is 19.0 Å². The highest BCUT2D eigenvalue weighted by molar-refractivity contribution is 7.92. The molecular formula is C24H24F3N4O2PS. The number of halogens is 3. The molecule has 6 nitrogen and oxygen atoms in total. The third-order valence-corrected chi connectivity index (χ3v) is 9.70. The van der Waals surface area contributed by atoms with Crippen molar-refractivity contribution in [1.82, 2.24) is 15.1 Å². The molecule has 4 rings (SSSR count). The Labute approximate surface area is 206 Å². The lowest BCUT2D eigenvalue weighted by molar-refractivity contribution is -0.185. The number of hydrogen-bond acceptors (Lipinski definition) is 5. The van der Waals surface area contributed by atoms with Crippen LogP contribution in [0.2, 0.25) is 0 Å². The normalized spacial score (nSPS) is 15.3. The Morgan fingerprint density at radius 3 is 1.94 bits per heavy atom. The molecule has 0 saturated carbocycles. The maximum absolute atomic E-state index is 13.0.